The zero-order chi connectivity index (χ0) is 10.2. The second-order valence-corrected chi connectivity index (χ2v) is 4.53. The Morgan fingerprint density at radius 3 is 2.43 bits per heavy atom. The van der Waals surface area contributed by atoms with Crippen LogP contribution < -0.4 is 0 Å². The molecule has 1 aliphatic heterocycles. The van der Waals surface area contributed by atoms with Gasteiger partial charge in [-0.3, -0.25) is 9.59 Å². The van der Waals surface area contributed by atoms with Crippen molar-refractivity contribution in [2.75, 3.05) is 0 Å². The first kappa shape index (κ1) is 9.69. The van der Waals surface area contributed by atoms with E-state index in [9.17, 15) is 9.59 Å². The lowest BCUT2D eigenvalue weighted by Crippen LogP contribution is -2.47. The SMILES string of the molecule is CC1C(=O)CC2(CCCCC2)OC1=O. The van der Waals surface area contributed by atoms with E-state index in [0.29, 0.717) is 6.42 Å². The highest BCUT2D eigenvalue weighted by atomic mass is 16.6. The molecule has 1 aliphatic carbocycles. The molecule has 3 heteroatoms. The minimum absolute atomic E-state index is 0.0585. The Hall–Kier alpha value is -0.860. The minimum Gasteiger partial charge on any atom is -0.458 e. The zero-order valence-corrected chi connectivity index (χ0v) is 8.54. The highest BCUT2D eigenvalue weighted by molar-refractivity contribution is 6.01. The van der Waals surface area contributed by atoms with Gasteiger partial charge in [-0.1, -0.05) is 6.42 Å². The number of esters is 1. The van der Waals surface area contributed by atoms with E-state index in [0.717, 1.165) is 25.7 Å². The lowest BCUT2D eigenvalue weighted by Gasteiger charge is -2.40. The predicted octanol–water partition coefficient (Wildman–Crippen LogP) is 1.84. The molecule has 1 saturated heterocycles. The summed E-state index contributed by atoms with van der Waals surface area (Å²) in [6, 6.07) is 0. The van der Waals surface area contributed by atoms with E-state index in [-0.39, 0.29) is 11.8 Å². The Kier molecular flexibility index (Phi) is 2.33. The second kappa shape index (κ2) is 3.37. The summed E-state index contributed by atoms with van der Waals surface area (Å²) in [4.78, 5) is 23.0. The molecule has 78 valence electrons. The fourth-order valence-electron chi connectivity index (χ4n) is 2.41. The Balaban J connectivity index is 2.14. The van der Waals surface area contributed by atoms with Gasteiger partial charge < -0.3 is 4.74 Å². The van der Waals surface area contributed by atoms with Gasteiger partial charge in [-0.15, -0.1) is 0 Å². The van der Waals surface area contributed by atoms with E-state index in [1.54, 1.807) is 6.92 Å². The van der Waals surface area contributed by atoms with Gasteiger partial charge in [-0.25, -0.2) is 0 Å². The summed E-state index contributed by atoms with van der Waals surface area (Å²) >= 11 is 0. The first-order valence-electron chi connectivity index (χ1n) is 5.39. The van der Waals surface area contributed by atoms with Gasteiger partial charge in [-0.2, -0.15) is 0 Å². The molecule has 14 heavy (non-hydrogen) atoms. The van der Waals surface area contributed by atoms with Crippen LogP contribution in [0.3, 0.4) is 0 Å². The van der Waals surface area contributed by atoms with Crippen LogP contribution >= 0.6 is 0 Å². The Morgan fingerprint density at radius 2 is 1.86 bits per heavy atom. The largest absolute Gasteiger partial charge is 0.458 e. The lowest BCUT2D eigenvalue weighted by molar-refractivity contribution is -0.180. The van der Waals surface area contributed by atoms with E-state index >= 15 is 0 Å². The molecule has 1 saturated carbocycles. The third kappa shape index (κ3) is 1.56. The number of ether oxygens (including phenoxy) is 1. The number of carbonyl (C=O) groups excluding carboxylic acids is 2. The minimum atomic E-state index is -0.539. The van der Waals surface area contributed by atoms with Crippen molar-refractivity contribution in [2.24, 2.45) is 5.92 Å². The third-order valence-electron chi connectivity index (χ3n) is 3.41. The molecule has 0 aromatic rings. The number of rotatable bonds is 0. The van der Waals surface area contributed by atoms with Crippen molar-refractivity contribution >= 4 is 11.8 Å². The molecule has 0 N–H and O–H groups in total. The highest BCUT2D eigenvalue weighted by Gasteiger charge is 2.45. The van der Waals surface area contributed by atoms with Crippen LogP contribution in [-0.2, 0) is 14.3 Å². The molecule has 0 bridgehead atoms. The smallest absolute Gasteiger partial charge is 0.316 e. The summed E-state index contributed by atoms with van der Waals surface area (Å²) in [6.45, 7) is 1.64. The molecule has 1 spiro atoms. The summed E-state index contributed by atoms with van der Waals surface area (Å²) < 4.78 is 5.44. The predicted molar refractivity (Wildman–Crippen MR) is 50.7 cm³/mol. The molecule has 0 amide bonds. The third-order valence-corrected chi connectivity index (χ3v) is 3.41. The molecular formula is C11H16O3. The quantitative estimate of drug-likeness (QED) is 0.438. The number of hydrogen-bond acceptors (Lipinski definition) is 3. The van der Waals surface area contributed by atoms with Crippen LogP contribution in [-0.4, -0.2) is 17.4 Å². The monoisotopic (exact) mass is 196 g/mol. The van der Waals surface area contributed by atoms with Crippen molar-refractivity contribution in [3.05, 3.63) is 0 Å². The maximum atomic E-state index is 11.6. The molecule has 0 aromatic heterocycles. The van der Waals surface area contributed by atoms with Crippen LogP contribution in [0.15, 0.2) is 0 Å². The van der Waals surface area contributed by atoms with Crippen LogP contribution in [0.5, 0.6) is 0 Å². The van der Waals surface area contributed by atoms with Gasteiger partial charge in [-0.05, 0) is 32.6 Å². The summed E-state index contributed by atoms with van der Waals surface area (Å²) in [7, 11) is 0. The van der Waals surface area contributed by atoms with Crippen molar-refractivity contribution in [2.45, 2.75) is 51.0 Å². The summed E-state index contributed by atoms with van der Waals surface area (Å²) in [6.07, 6.45) is 5.54. The molecule has 2 aliphatic rings. The van der Waals surface area contributed by atoms with Gasteiger partial charge in [0.05, 0.1) is 0 Å². The standard InChI is InChI=1S/C11H16O3/c1-8-9(12)7-11(14-10(8)13)5-3-2-4-6-11/h8H,2-7H2,1H3. The zero-order valence-electron chi connectivity index (χ0n) is 8.54. The van der Waals surface area contributed by atoms with Gasteiger partial charge in [0.2, 0.25) is 0 Å². The molecular weight excluding hydrogens is 180 g/mol. The van der Waals surface area contributed by atoms with E-state index in [1.165, 1.54) is 6.42 Å². The van der Waals surface area contributed by atoms with Crippen LogP contribution in [0, 0.1) is 5.92 Å². The molecule has 1 atom stereocenters. The second-order valence-electron chi connectivity index (χ2n) is 4.53. The molecule has 3 nitrogen and oxygen atoms in total. The number of hydrogen-bond donors (Lipinski definition) is 0. The van der Waals surface area contributed by atoms with E-state index < -0.39 is 11.5 Å². The average Bonchev–Trinajstić information content (AvgIpc) is 2.15. The van der Waals surface area contributed by atoms with Gasteiger partial charge in [0.1, 0.15) is 11.5 Å². The van der Waals surface area contributed by atoms with Crippen molar-refractivity contribution in [1.29, 1.82) is 0 Å². The molecule has 2 rings (SSSR count). The van der Waals surface area contributed by atoms with Gasteiger partial charge >= 0.3 is 5.97 Å². The normalized spacial score (nSPS) is 31.6. The maximum Gasteiger partial charge on any atom is 0.316 e. The van der Waals surface area contributed by atoms with E-state index in [4.69, 9.17) is 4.74 Å². The topological polar surface area (TPSA) is 43.4 Å². The molecule has 1 unspecified atom stereocenters. The fraction of sp³-hybridized carbons (Fsp3) is 0.818. The molecule has 0 aromatic carbocycles. The van der Waals surface area contributed by atoms with E-state index in [1.807, 2.05) is 0 Å². The molecule has 2 fully saturated rings. The van der Waals surface area contributed by atoms with Gasteiger partial charge in [0, 0.05) is 6.42 Å². The van der Waals surface area contributed by atoms with Crippen LogP contribution in [0.4, 0.5) is 0 Å². The van der Waals surface area contributed by atoms with Crippen molar-refractivity contribution < 1.29 is 14.3 Å². The molecule has 0 radical (unpaired) electrons. The maximum absolute atomic E-state index is 11.6. The summed E-state index contributed by atoms with van der Waals surface area (Å²) in [5, 5.41) is 0. The van der Waals surface area contributed by atoms with Gasteiger partial charge in [0.25, 0.3) is 0 Å². The lowest BCUT2D eigenvalue weighted by atomic mass is 9.77. The van der Waals surface area contributed by atoms with Crippen molar-refractivity contribution in [3.8, 4) is 0 Å². The van der Waals surface area contributed by atoms with Crippen LogP contribution in [0.1, 0.15) is 45.4 Å². The first-order valence-corrected chi connectivity index (χ1v) is 5.39. The van der Waals surface area contributed by atoms with Crippen molar-refractivity contribution in [1.82, 2.24) is 0 Å². The Labute approximate surface area is 83.8 Å². The van der Waals surface area contributed by atoms with Crippen LogP contribution in [0.2, 0.25) is 0 Å². The number of Topliss-reactive ketones (excluding diaryl/α,β-unsaturated/α-hetero) is 1. The van der Waals surface area contributed by atoms with E-state index in [2.05, 4.69) is 0 Å². The Bertz CT molecular complexity index is 244. The van der Waals surface area contributed by atoms with Crippen LogP contribution in [0.25, 0.3) is 0 Å². The molecule has 1 heterocycles. The summed E-state index contributed by atoms with van der Waals surface area (Å²) in [5.74, 6) is -0.797. The fourth-order valence-corrected chi connectivity index (χ4v) is 2.41. The summed E-state index contributed by atoms with van der Waals surface area (Å²) in [5.41, 5.74) is -0.418. The van der Waals surface area contributed by atoms with Crippen molar-refractivity contribution in [3.63, 3.8) is 0 Å². The number of ketones is 1. The highest BCUT2D eigenvalue weighted by Crippen LogP contribution is 2.38. The number of carbonyl (C=O) groups is 2. The average molecular weight is 196 g/mol. The first-order chi connectivity index (χ1) is 6.63. The Morgan fingerprint density at radius 1 is 1.21 bits per heavy atom. The van der Waals surface area contributed by atoms with Gasteiger partial charge in [0.15, 0.2) is 5.78 Å².